The van der Waals surface area contributed by atoms with E-state index >= 15 is 0 Å². The maximum absolute atomic E-state index is 13.4. The average molecular weight is 464 g/mol. The van der Waals surface area contributed by atoms with E-state index < -0.39 is 4.65 Å². The number of hydroxylamine groups is 3. The van der Waals surface area contributed by atoms with Crippen LogP contribution in [0.15, 0.2) is 71.5 Å². The molecule has 1 saturated heterocycles. The lowest BCUT2D eigenvalue weighted by Crippen LogP contribution is -2.52. The molecule has 0 atom stereocenters. The molecule has 5 rings (SSSR count). The molecule has 162 valence electrons. The fourth-order valence-electron chi connectivity index (χ4n) is 4.43. The Morgan fingerprint density at radius 2 is 1.88 bits per heavy atom. The summed E-state index contributed by atoms with van der Waals surface area (Å²) in [7, 11) is 0. The molecule has 0 bridgehead atoms. The number of carbonyl (C=O) groups excluding carboxylic acids is 1. The van der Waals surface area contributed by atoms with E-state index in [0.29, 0.717) is 17.9 Å². The van der Waals surface area contributed by atoms with Crippen LogP contribution in [0.2, 0.25) is 5.02 Å². The highest BCUT2D eigenvalue weighted by Crippen LogP contribution is 2.43. The van der Waals surface area contributed by atoms with Crippen molar-refractivity contribution in [1.82, 2.24) is 9.97 Å². The van der Waals surface area contributed by atoms with E-state index in [2.05, 4.69) is 17.1 Å². The fourth-order valence-corrected chi connectivity index (χ4v) is 5.75. The zero-order valence-electron chi connectivity index (χ0n) is 17.5. The number of hydrogen-bond acceptors (Lipinski definition) is 5. The van der Waals surface area contributed by atoms with Crippen molar-refractivity contribution < 1.29 is 9.44 Å². The second kappa shape index (κ2) is 8.79. The fraction of sp³-hybridized carbons (Fsp3) is 0.240. The first-order valence-electron chi connectivity index (χ1n) is 10.6. The molecule has 5 nitrogen and oxygen atoms in total. The average Bonchev–Trinajstić information content (AvgIpc) is 2.97. The van der Waals surface area contributed by atoms with Gasteiger partial charge in [0.2, 0.25) is 0 Å². The highest BCUT2D eigenvalue weighted by atomic mass is 35.5. The molecule has 0 radical (unpaired) electrons. The molecule has 7 heteroatoms. The van der Waals surface area contributed by atoms with Gasteiger partial charge in [-0.1, -0.05) is 23.7 Å². The van der Waals surface area contributed by atoms with Crippen molar-refractivity contribution >= 4 is 34.8 Å². The van der Waals surface area contributed by atoms with E-state index in [0.717, 1.165) is 33.0 Å². The second-order valence-electron chi connectivity index (χ2n) is 8.18. The van der Waals surface area contributed by atoms with Crippen molar-refractivity contribution in [2.24, 2.45) is 0 Å². The Morgan fingerprint density at radius 3 is 2.66 bits per heavy atom. The minimum Gasteiger partial charge on any atom is -0.625 e. The van der Waals surface area contributed by atoms with Crippen molar-refractivity contribution in [3.63, 3.8) is 0 Å². The number of benzene rings is 1. The third-order valence-electron chi connectivity index (χ3n) is 6.19. The van der Waals surface area contributed by atoms with Crippen molar-refractivity contribution in [3.8, 4) is 0 Å². The molecular formula is C25H22ClN3O2S. The van der Waals surface area contributed by atoms with Crippen LogP contribution in [0, 0.1) is 5.21 Å². The van der Waals surface area contributed by atoms with Gasteiger partial charge >= 0.3 is 5.91 Å². The Balaban J connectivity index is 1.48. The Kier molecular flexibility index (Phi) is 5.86. The quantitative estimate of drug-likeness (QED) is 0.375. The Morgan fingerprint density at radius 1 is 1.09 bits per heavy atom. The number of thioether (sulfide) groups is 1. The van der Waals surface area contributed by atoms with Crippen molar-refractivity contribution in [1.29, 1.82) is 0 Å². The second-order valence-corrected chi connectivity index (χ2v) is 9.63. The van der Waals surface area contributed by atoms with E-state index in [-0.39, 0.29) is 25.4 Å². The first kappa shape index (κ1) is 21.3. The summed E-state index contributed by atoms with van der Waals surface area (Å²) < 4.78 is -0.781. The number of quaternary nitrogens is 1. The lowest BCUT2D eigenvalue weighted by Gasteiger charge is -2.43. The van der Waals surface area contributed by atoms with E-state index in [4.69, 9.17) is 16.6 Å². The monoisotopic (exact) mass is 463 g/mol. The Hall–Kier alpha value is -2.51. The van der Waals surface area contributed by atoms with E-state index in [1.165, 1.54) is 11.1 Å². The summed E-state index contributed by atoms with van der Waals surface area (Å²) in [6.45, 7) is 0.502. The first-order chi connectivity index (χ1) is 15.5. The standard InChI is InChI=1S/C25H22ClN3O2S/c26-20-3-4-21-22(15-20)32-16-19-2-1-9-28-25(19)24(21)18-7-12-29(31,13-8-18)23(30)14-17-5-10-27-11-6-17/h1-6,9-11,15H,7-8,12-14,16H2. The molecule has 2 aliphatic heterocycles. The minimum absolute atomic E-state index is 0.139. The van der Waals surface area contributed by atoms with Crippen LogP contribution >= 0.6 is 23.4 Å². The number of fused-ring (bicyclic) bond motifs is 2. The van der Waals surface area contributed by atoms with Gasteiger partial charge in [-0.25, -0.2) is 4.79 Å². The van der Waals surface area contributed by atoms with Crippen LogP contribution < -0.4 is 0 Å². The summed E-state index contributed by atoms with van der Waals surface area (Å²) in [6.07, 6.45) is 6.40. The van der Waals surface area contributed by atoms with Gasteiger partial charge < -0.3 is 5.21 Å². The first-order valence-corrected chi connectivity index (χ1v) is 12.0. The summed E-state index contributed by atoms with van der Waals surface area (Å²) in [5.41, 5.74) is 6.38. The summed E-state index contributed by atoms with van der Waals surface area (Å²) in [5.74, 6) is 0.529. The number of piperidine rings is 1. The molecule has 0 saturated carbocycles. The minimum atomic E-state index is -0.781. The molecule has 0 aliphatic carbocycles. The SMILES string of the molecule is O=C(Cc1ccncc1)[N+]1([O-])CCC(=C2c3ccc(Cl)cc3SCc3cccnc32)CC1. The highest BCUT2D eigenvalue weighted by molar-refractivity contribution is 7.98. The highest BCUT2D eigenvalue weighted by Gasteiger charge is 2.33. The van der Waals surface area contributed by atoms with Gasteiger partial charge in [0.25, 0.3) is 0 Å². The number of rotatable bonds is 2. The van der Waals surface area contributed by atoms with Crippen LogP contribution in [-0.2, 0) is 17.0 Å². The van der Waals surface area contributed by atoms with Gasteiger partial charge in [-0.15, -0.1) is 11.8 Å². The molecule has 2 aliphatic rings. The largest absolute Gasteiger partial charge is 0.625 e. The predicted octanol–water partition coefficient (Wildman–Crippen LogP) is 5.42. The molecule has 3 aromatic rings. The maximum Gasteiger partial charge on any atom is 0.318 e. The molecule has 1 aromatic carbocycles. The van der Waals surface area contributed by atoms with Crippen LogP contribution in [0.4, 0.5) is 0 Å². The normalized spacial score (nSPS) is 20.3. The van der Waals surface area contributed by atoms with E-state index in [1.54, 1.807) is 36.3 Å². The van der Waals surface area contributed by atoms with E-state index in [1.807, 2.05) is 24.4 Å². The molecule has 0 spiro atoms. The summed E-state index contributed by atoms with van der Waals surface area (Å²) >= 11 is 8.04. The number of carbonyl (C=O) groups is 1. The van der Waals surface area contributed by atoms with Crippen LogP contribution in [0.5, 0.6) is 0 Å². The number of aromatic nitrogens is 2. The molecule has 2 aromatic heterocycles. The predicted molar refractivity (Wildman–Crippen MR) is 127 cm³/mol. The zero-order chi connectivity index (χ0) is 22.1. The third kappa shape index (κ3) is 4.11. The van der Waals surface area contributed by atoms with Gasteiger partial charge in [0.1, 0.15) is 0 Å². The van der Waals surface area contributed by atoms with Crippen molar-refractivity contribution in [2.75, 3.05) is 13.1 Å². The summed E-state index contributed by atoms with van der Waals surface area (Å²) in [5, 5.41) is 14.1. The number of likely N-dealkylation sites (tertiary alicyclic amines) is 1. The number of hydrogen-bond donors (Lipinski definition) is 0. The van der Waals surface area contributed by atoms with Gasteiger partial charge in [0.05, 0.1) is 25.2 Å². The Labute approximate surface area is 196 Å². The molecular weight excluding hydrogens is 442 g/mol. The molecule has 32 heavy (non-hydrogen) atoms. The van der Waals surface area contributed by atoms with Gasteiger partial charge in [-0.3, -0.25) is 14.6 Å². The van der Waals surface area contributed by atoms with Crippen LogP contribution in [0.25, 0.3) is 5.57 Å². The van der Waals surface area contributed by atoms with Crippen LogP contribution in [0.1, 0.15) is 35.2 Å². The number of amides is 1. The van der Waals surface area contributed by atoms with Crippen LogP contribution in [0.3, 0.4) is 0 Å². The maximum atomic E-state index is 13.4. The topological polar surface area (TPSA) is 65.9 Å². The molecule has 4 heterocycles. The molecule has 1 fully saturated rings. The summed E-state index contributed by atoms with van der Waals surface area (Å²) in [4.78, 5) is 22.7. The molecule has 0 unspecified atom stereocenters. The summed E-state index contributed by atoms with van der Waals surface area (Å²) in [6, 6.07) is 13.6. The smallest absolute Gasteiger partial charge is 0.318 e. The van der Waals surface area contributed by atoms with Gasteiger partial charge in [0.15, 0.2) is 0 Å². The van der Waals surface area contributed by atoms with Gasteiger partial charge in [0, 0.05) is 52.7 Å². The molecule has 1 amide bonds. The number of nitrogens with zero attached hydrogens (tertiary/aromatic N) is 3. The number of halogens is 1. The number of pyridine rings is 2. The third-order valence-corrected chi connectivity index (χ3v) is 7.53. The lowest BCUT2D eigenvalue weighted by atomic mass is 9.89. The zero-order valence-corrected chi connectivity index (χ0v) is 19.0. The van der Waals surface area contributed by atoms with Crippen LogP contribution in [-0.4, -0.2) is 33.6 Å². The van der Waals surface area contributed by atoms with E-state index in [9.17, 15) is 10.0 Å². The van der Waals surface area contributed by atoms with Crippen molar-refractivity contribution in [2.45, 2.75) is 29.9 Å². The Bertz CT molecular complexity index is 1200. The molecule has 0 N–H and O–H groups in total. The van der Waals surface area contributed by atoms with Gasteiger partial charge in [-0.05, 0) is 52.6 Å². The van der Waals surface area contributed by atoms with Crippen molar-refractivity contribution in [3.05, 3.63) is 99.2 Å². The lowest BCUT2D eigenvalue weighted by molar-refractivity contribution is -0.807. The van der Waals surface area contributed by atoms with Gasteiger partial charge in [-0.2, -0.15) is 0 Å².